The first kappa shape index (κ1) is 13.4. The predicted molar refractivity (Wildman–Crippen MR) is 73.2 cm³/mol. The van der Waals surface area contributed by atoms with Gasteiger partial charge in [-0.1, -0.05) is 12.1 Å². The van der Waals surface area contributed by atoms with E-state index >= 15 is 0 Å². The molecule has 0 radical (unpaired) electrons. The fraction of sp³-hybridized carbons (Fsp3) is 0.429. The third-order valence-corrected chi connectivity index (χ3v) is 3.69. The van der Waals surface area contributed by atoms with Gasteiger partial charge < -0.3 is 16.4 Å². The molecule has 4 N–H and O–H groups in total. The summed E-state index contributed by atoms with van der Waals surface area (Å²) in [5.74, 6) is -0.601. The minimum absolute atomic E-state index is 0.0456. The Morgan fingerprint density at radius 3 is 2.42 bits per heavy atom. The van der Waals surface area contributed by atoms with E-state index in [0.29, 0.717) is 12.2 Å². The van der Waals surface area contributed by atoms with E-state index in [4.69, 9.17) is 11.5 Å². The summed E-state index contributed by atoms with van der Waals surface area (Å²) in [6.07, 6.45) is 1.72. The lowest BCUT2D eigenvalue weighted by molar-refractivity contribution is -0.140. The van der Waals surface area contributed by atoms with E-state index in [9.17, 15) is 9.59 Å². The number of piperidine rings is 1. The van der Waals surface area contributed by atoms with E-state index in [0.717, 1.165) is 18.4 Å². The molecule has 1 aromatic carbocycles. The zero-order chi connectivity index (χ0) is 14.0. The molecule has 1 aliphatic heterocycles. The molecule has 19 heavy (non-hydrogen) atoms. The Bertz CT molecular complexity index is 484. The van der Waals surface area contributed by atoms with Gasteiger partial charge in [0.05, 0.1) is 0 Å². The number of amides is 2. The van der Waals surface area contributed by atoms with Crippen LogP contribution in [-0.2, 0) is 9.59 Å². The molecule has 1 saturated heterocycles. The highest BCUT2D eigenvalue weighted by Gasteiger charge is 2.37. The molecule has 1 aromatic rings. The first-order chi connectivity index (χ1) is 9.00. The van der Waals surface area contributed by atoms with Gasteiger partial charge in [0.2, 0.25) is 11.8 Å². The van der Waals surface area contributed by atoms with Crippen LogP contribution in [0.5, 0.6) is 0 Å². The number of rotatable bonds is 2. The lowest BCUT2D eigenvalue weighted by Crippen LogP contribution is -2.53. The number of nitrogens with zero attached hydrogens (tertiary/aromatic N) is 1. The number of likely N-dealkylation sites (tertiary alicyclic amines) is 1. The molecular formula is C14H19N3O2. The van der Waals surface area contributed by atoms with Gasteiger partial charge in [-0.15, -0.1) is 0 Å². The molecule has 5 nitrogen and oxygen atoms in total. The van der Waals surface area contributed by atoms with Crippen molar-refractivity contribution in [3.8, 4) is 0 Å². The van der Waals surface area contributed by atoms with Crippen LogP contribution in [0.1, 0.15) is 31.2 Å². The molecule has 0 saturated carbocycles. The van der Waals surface area contributed by atoms with Gasteiger partial charge in [0.25, 0.3) is 0 Å². The van der Waals surface area contributed by atoms with E-state index in [1.807, 2.05) is 12.1 Å². The van der Waals surface area contributed by atoms with E-state index in [2.05, 4.69) is 0 Å². The maximum atomic E-state index is 11.7. The van der Waals surface area contributed by atoms with Crippen LogP contribution in [-0.4, -0.2) is 29.3 Å². The van der Waals surface area contributed by atoms with Crippen molar-refractivity contribution in [2.45, 2.75) is 31.7 Å². The van der Waals surface area contributed by atoms with Crippen molar-refractivity contribution >= 4 is 17.5 Å². The molecule has 1 heterocycles. The number of nitrogens with two attached hydrogens (primary N) is 2. The zero-order valence-electron chi connectivity index (χ0n) is 11.0. The van der Waals surface area contributed by atoms with Crippen molar-refractivity contribution in [3.63, 3.8) is 0 Å². The van der Waals surface area contributed by atoms with E-state index in [1.54, 1.807) is 17.0 Å². The molecule has 0 unspecified atom stereocenters. The van der Waals surface area contributed by atoms with Crippen molar-refractivity contribution in [2.24, 2.45) is 5.73 Å². The zero-order valence-corrected chi connectivity index (χ0v) is 11.0. The Balaban J connectivity index is 2.33. The van der Waals surface area contributed by atoms with Crippen LogP contribution in [0.25, 0.3) is 0 Å². The second-order valence-electron chi connectivity index (χ2n) is 4.98. The van der Waals surface area contributed by atoms with Crippen LogP contribution in [0.15, 0.2) is 24.3 Å². The molecule has 1 aliphatic rings. The van der Waals surface area contributed by atoms with Gasteiger partial charge in [-0.2, -0.15) is 0 Å². The van der Waals surface area contributed by atoms with Crippen LogP contribution in [0.4, 0.5) is 5.69 Å². The van der Waals surface area contributed by atoms with Gasteiger partial charge in [-0.05, 0) is 30.5 Å². The molecule has 2 rings (SSSR count). The minimum Gasteiger partial charge on any atom is -0.399 e. The van der Waals surface area contributed by atoms with Gasteiger partial charge in [0.1, 0.15) is 6.04 Å². The van der Waals surface area contributed by atoms with Crippen molar-refractivity contribution in [1.82, 2.24) is 4.90 Å². The van der Waals surface area contributed by atoms with Crippen molar-refractivity contribution in [3.05, 3.63) is 29.8 Å². The van der Waals surface area contributed by atoms with Gasteiger partial charge in [0, 0.05) is 25.1 Å². The Morgan fingerprint density at radius 2 is 1.89 bits per heavy atom. The maximum Gasteiger partial charge on any atom is 0.240 e. The van der Waals surface area contributed by atoms with Crippen molar-refractivity contribution in [1.29, 1.82) is 0 Å². The predicted octanol–water partition coefficient (Wildman–Crippen LogP) is 0.849. The lowest BCUT2D eigenvalue weighted by atomic mass is 9.83. The normalized spacial score (nSPS) is 23.1. The van der Waals surface area contributed by atoms with Crippen molar-refractivity contribution < 1.29 is 9.59 Å². The first-order valence-electron chi connectivity index (χ1n) is 6.42. The highest BCUT2D eigenvalue weighted by atomic mass is 16.2. The number of primary amides is 1. The van der Waals surface area contributed by atoms with Crippen LogP contribution < -0.4 is 11.5 Å². The average molecular weight is 261 g/mol. The smallest absolute Gasteiger partial charge is 0.240 e. The number of benzene rings is 1. The topological polar surface area (TPSA) is 89.4 Å². The van der Waals surface area contributed by atoms with Crippen LogP contribution in [0, 0.1) is 0 Å². The molecule has 0 spiro atoms. The number of hydrogen-bond acceptors (Lipinski definition) is 3. The average Bonchev–Trinajstić information content (AvgIpc) is 2.38. The molecule has 0 aromatic heterocycles. The molecule has 2 atom stereocenters. The SMILES string of the molecule is CC(=O)N1CCC[C@H](c2ccc(N)cc2)[C@H]1C(N)=O. The summed E-state index contributed by atoms with van der Waals surface area (Å²) < 4.78 is 0. The van der Waals surface area contributed by atoms with Gasteiger partial charge in [-0.3, -0.25) is 9.59 Å². The van der Waals surface area contributed by atoms with Crippen LogP contribution >= 0.6 is 0 Å². The fourth-order valence-corrected chi connectivity index (χ4v) is 2.79. The molecular weight excluding hydrogens is 242 g/mol. The van der Waals surface area contributed by atoms with Gasteiger partial charge >= 0.3 is 0 Å². The molecule has 0 bridgehead atoms. The largest absolute Gasteiger partial charge is 0.399 e. The monoisotopic (exact) mass is 261 g/mol. The molecule has 2 amide bonds. The summed E-state index contributed by atoms with van der Waals surface area (Å²) in [7, 11) is 0. The Kier molecular flexibility index (Phi) is 3.74. The Labute approximate surface area is 112 Å². The third kappa shape index (κ3) is 2.70. The quantitative estimate of drug-likeness (QED) is 0.773. The van der Waals surface area contributed by atoms with Gasteiger partial charge in [-0.25, -0.2) is 0 Å². The van der Waals surface area contributed by atoms with Crippen LogP contribution in [0.3, 0.4) is 0 Å². The number of carbonyl (C=O) groups is 2. The van der Waals surface area contributed by atoms with E-state index in [-0.39, 0.29) is 11.8 Å². The Hall–Kier alpha value is -2.04. The first-order valence-corrected chi connectivity index (χ1v) is 6.42. The molecule has 1 fully saturated rings. The summed E-state index contributed by atoms with van der Waals surface area (Å²) in [6.45, 7) is 2.07. The highest BCUT2D eigenvalue weighted by Crippen LogP contribution is 2.33. The summed E-state index contributed by atoms with van der Waals surface area (Å²) in [5, 5.41) is 0. The highest BCUT2D eigenvalue weighted by molar-refractivity contribution is 5.87. The number of anilines is 1. The van der Waals surface area contributed by atoms with Crippen molar-refractivity contribution in [2.75, 3.05) is 12.3 Å². The van der Waals surface area contributed by atoms with E-state index in [1.165, 1.54) is 6.92 Å². The Morgan fingerprint density at radius 1 is 1.26 bits per heavy atom. The fourth-order valence-electron chi connectivity index (χ4n) is 2.79. The number of nitrogen functional groups attached to an aromatic ring is 1. The van der Waals surface area contributed by atoms with Gasteiger partial charge in [0.15, 0.2) is 0 Å². The summed E-state index contributed by atoms with van der Waals surface area (Å²) >= 11 is 0. The minimum atomic E-state index is -0.560. The summed E-state index contributed by atoms with van der Waals surface area (Å²) in [5.41, 5.74) is 12.8. The third-order valence-electron chi connectivity index (χ3n) is 3.69. The summed E-state index contributed by atoms with van der Waals surface area (Å²) in [4.78, 5) is 24.9. The lowest BCUT2D eigenvalue weighted by Gasteiger charge is -2.39. The molecule has 0 aliphatic carbocycles. The molecule has 102 valence electrons. The number of carbonyl (C=O) groups excluding carboxylic acids is 2. The standard InChI is InChI=1S/C14H19N3O2/c1-9(18)17-8-2-3-12(13(17)14(16)19)10-4-6-11(15)7-5-10/h4-7,12-13H,2-3,8,15H2,1H3,(H2,16,19)/t12-,13+/m1/s1. The number of hydrogen-bond donors (Lipinski definition) is 2. The van der Waals surface area contributed by atoms with Crippen LogP contribution in [0.2, 0.25) is 0 Å². The summed E-state index contributed by atoms with van der Waals surface area (Å²) in [6, 6.07) is 6.86. The second kappa shape index (κ2) is 5.30. The van der Waals surface area contributed by atoms with E-state index < -0.39 is 11.9 Å². The maximum absolute atomic E-state index is 11.7. The molecule has 5 heteroatoms. The second-order valence-corrected chi connectivity index (χ2v) is 4.98.